The Labute approximate surface area is 87.9 Å². The van der Waals surface area contributed by atoms with Crippen LogP contribution >= 0.6 is 0 Å². The average molecular weight is 229 g/mol. The Kier molecular flexibility index (Phi) is 71.2. The molecule has 0 heterocycles. The fourth-order valence-corrected chi connectivity index (χ4v) is 0. The zero-order valence-electron chi connectivity index (χ0n) is 9.44. The fourth-order valence-electron chi connectivity index (χ4n) is 0. The van der Waals surface area contributed by atoms with E-state index in [2.05, 4.69) is 0 Å². The maximum absolute atomic E-state index is 8.67. The second-order valence-electron chi connectivity index (χ2n) is 1.97. The van der Waals surface area contributed by atoms with Gasteiger partial charge in [0.1, 0.15) is 0 Å². The van der Waals surface area contributed by atoms with Crippen molar-refractivity contribution in [2.45, 2.75) is 41.5 Å². The molecule has 0 atom stereocenters. The molecule has 0 rings (SSSR count). The van der Waals surface area contributed by atoms with Gasteiger partial charge in [-0.2, -0.15) is 41.5 Å². The molecule has 0 spiro atoms. The molecule has 0 fully saturated rings. The van der Waals surface area contributed by atoms with Crippen molar-refractivity contribution in [3.05, 3.63) is 19.3 Å². The number of hydrogen-bond donors (Lipinski definition) is 1. The van der Waals surface area contributed by atoms with E-state index in [1.54, 1.807) is 0 Å². The van der Waals surface area contributed by atoms with E-state index in [0.717, 1.165) is 0 Å². The molecule has 0 aliphatic rings. The van der Waals surface area contributed by atoms with Crippen LogP contribution in [0.5, 0.6) is 0 Å². The molecule has 1 N–H and O–H groups in total. The molecule has 0 aliphatic heterocycles. The zero-order valence-corrected chi connectivity index (χ0v) is 10.8. The second-order valence-corrected chi connectivity index (χ2v) is 2.71. The third-order valence-electron chi connectivity index (χ3n) is 0. The van der Waals surface area contributed by atoms with Crippen molar-refractivity contribution >= 4 is 0 Å². The van der Waals surface area contributed by atoms with Crippen LogP contribution in [0.1, 0.15) is 41.5 Å². The van der Waals surface area contributed by atoms with Crippen LogP contribution in [0, 0.1) is 19.3 Å². The van der Waals surface area contributed by atoms with Gasteiger partial charge in [-0.05, 0) is 0 Å². The first-order valence-corrected chi connectivity index (χ1v) is 5.79. The molecule has 0 aromatic rings. The van der Waals surface area contributed by atoms with E-state index in [1.807, 2.05) is 60.8 Å². The minimum absolute atomic E-state index is 2.00. The number of rotatable bonds is 0. The summed E-state index contributed by atoms with van der Waals surface area (Å²) in [5.41, 5.74) is 0. The normalized spacial score (nSPS) is 6.08. The molecule has 13 heavy (non-hydrogen) atoms. The second kappa shape index (κ2) is 40.0. The zero-order chi connectivity index (χ0) is 11.7. The molecule has 0 saturated heterocycles. The summed E-state index contributed by atoms with van der Waals surface area (Å²) in [5.74, 6) is 0. The number of hydrogen-bond acceptors (Lipinski definition) is 2. The summed E-state index contributed by atoms with van der Waals surface area (Å²) in [7, 11) is 0. The van der Waals surface area contributed by atoms with Gasteiger partial charge in [0.15, 0.2) is 0 Å². The summed E-state index contributed by atoms with van der Waals surface area (Å²) in [6.45, 7) is 12.0. The van der Waals surface area contributed by atoms with Crippen LogP contribution in [0.2, 0.25) is 0 Å². The third-order valence-corrected chi connectivity index (χ3v) is 0. The van der Waals surface area contributed by atoms with E-state index in [9.17, 15) is 0 Å². The predicted octanol–water partition coefficient (Wildman–Crippen LogP) is 2.89. The van der Waals surface area contributed by atoms with Gasteiger partial charge in [0, 0.05) is 0 Å². The van der Waals surface area contributed by atoms with Crippen LogP contribution in [0.3, 0.4) is 0 Å². The SMILES string of the molecule is C[CH-]C.C[CH-]C.C[CH-]C.[O]=[V](=[O])[OH]. The van der Waals surface area contributed by atoms with Crippen LogP contribution < -0.4 is 0 Å². The average Bonchev–Trinajstić information content (AvgIpc) is 1.88. The van der Waals surface area contributed by atoms with E-state index in [1.165, 1.54) is 0 Å². The van der Waals surface area contributed by atoms with Crippen molar-refractivity contribution in [2.24, 2.45) is 0 Å². The summed E-state index contributed by atoms with van der Waals surface area (Å²) >= 11 is -3.69. The first-order chi connectivity index (χ1) is 5.97. The molecular formula is C9H22O3V-3. The topological polar surface area (TPSA) is 54.4 Å². The van der Waals surface area contributed by atoms with Crippen molar-refractivity contribution < 1.29 is 26.8 Å². The van der Waals surface area contributed by atoms with Crippen molar-refractivity contribution in [1.29, 1.82) is 0 Å². The Bertz CT molecular complexity index is 88.3. The maximum atomic E-state index is 8.67. The Morgan fingerprint density at radius 2 is 0.769 bits per heavy atom. The van der Waals surface area contributed by atoms with Gasteiger partial charge < -0.3 is 19.3 Å². The van der Waals surface area contributed by atoms with Crippen LogP contribution in [-0.2, 0) is 22.7 Å². The van der Waals surface area contributed by atoms with Crippen molar-refractivity contribution in [2.75, 3.05) is 0 Å². The van der Waals surface area contributed by atoms with Crippen LogP contribution in [-0.4, -0.2) is 4.03 Å². The van der Waals surface area contributed by atoms with E-state index in [-0.39, 0.29) is 0 Å². The molecule has 84 valence electrons. The van der Waals surface area contributed by atoms with E-state index < -0.39 is 15.4 Å². The summed E-state index contributed by atoms with van der Waals surface area (Å²) in [6, 6.07) is 0. The summed E-state index contributed by atoms with van der Waals surface area (Å²) in [4.78, 5) is 0. The Hall–Kier alpha value is 0.144. The first kappa shape index (κ1) is 23.2. The molecule has 3 nitrogen and oxygen atoms in total. The quantitative estimate of drug-likeness (QED) is 0.650. The fraction of sp³-hybridized carbons (Fsp3) is 0.667. The Balaban J connectivity index is -0.0000000420. The van der Waals surface area contributed by atoms with Crippen molar-refractivity contribution in [1.82, 2.24) is 0 Å². The molecule has 0 aliphatic carbocycles. The van der Waals surface area contributed by atoms with Crippen molar-refractivity contribution in [3.63, 3.8) is 0 Å². The van der Waals surface area contributed by atoms with Gasteiger partial charge >= 0.3 is 26.8 Å². The van der Waals surface area contributed by atoms with E-state index in [4.69, 9.17) is 11.4 Å². The Morgan fingerprint density at radius 1 is 0.769 bits per heavy atom. The van der Waals surface area contributed by atoms with E-state index >= 15 is 0 Å². The van der Waals surface area contributed by atoms with Gasteiger partial charge in [-0.3, -0.25) is 0 Å². The molecule has 0 aromatic carbocycles. The van der Waals surface area contributed by atoms with Crippen molar-refractivity contribution in [3.8, 4) is 0 Å². The van der Waals surface area contributed by atoms with Gasteiger partial charge in [-0.1, -0.05) is 0 Å². The molecule has 4 heteroatoms. The molecule has 0 radical (unpaired) electrons. The van der Waals surface area contributed by atoms with Gasteiger partial charge in [-0.15, -0.1) is 0 Å². The van der Waals surface area contributed by atoms with Crippen LogP contribution in [0.15, 0.2) is 0 Å². The first-order valence-electron chi connectivity index (χ1n) is 4.03. The van der Waals surface area contributed by atoms with Gasteiger partial charge in [0.25, 0.3) is 0 Å². The standard InChI is InChI=1S/3C3H7.H2O.2O.V/c3*1-3-2;;;;/h3*3H,1-2H3;1H2;;;/q3*-1;;;;+1/p-1. The molecule has 0 aromatic heterocycles. The van der Waals surface area contributed by atoms with Crippen LogP contribution in [0.25, 0.3) is 0 Å². The molecule has 0 amide bonds. The van der Waals surface area contributed by atoms with Gasteiger partial charge in [0.05, 0.1) is 0 Å². The third kappa shape index (κ3) is 59900. The molecular weight excluding hydrogens is 207 g/mol. The summed E-state index contributed by atoms with van der Waals surface area (Å²) in [6.07, 6.45) is 6.00. The van der Waals surface area contributed by atoms with Gasteiger partial charge in [-0.25, -0.2) is 0 Å². The predicted molar refractivity (Wildman–Crippen MR) is 50.5 cm³/mol. The Morgan fingerprint density at radius 3 is 0.769 bits per heavy atom. The summed E-state index contributed by atoms with van der Waals surface area (Å²) < 4.78 is 24.4. The molecule has 0 bridgehead atoms. The van der Waals surface area contributed by atoms with Gasteiger partial charge in [0.2, 0.25) is 0 Å². The van der Waals surface area contributed by atoms with E-state index in [0.29, 0.717) is 0 Å². The molecule has 0 saturated carbocycles. The monoisotopic (exact) mass is 229 g/mol. The minimum atomic E-state index is -3.69. The summed E-state index contributed by atoms with van der Waals surface area (Å²) in [5, 5.41) is 0. The molecule has 0 unspecified atom stereocenters. The van der Waals surface area contributed by atoms with Crippen LogP contribution in [0.4, 0.5) is 0 Å².